The molecule has 10 heteroatoms. The quantitative estimate of drug-likeness (QED) is 0.788. The van der Waals surface area contributed by atoms with Crippen LogP contribution in [0, 0.1) is 0 Å². The Balaban J connectivity index is 1.68. The summed E-state index contributed by atoms with van der Waals surface area (Å²) in [5.41, 5.74) is 0.164. The molecule has 1 N–H and O–H groups in total. The maximum Gasteiger partial charge on any atom is 0.408 e. The summed E-state index contributed by atoms with van der Waals surface area (Å²) < 4.78 is 42.5. The Labute approximate surface area is 131 Å². The average Bonchev–Trinajstić information content (AvgIpc) is 3.17. The number of thiophene rings is 1. The molecule has 0 unspecified atom stereocenters. The largest absolute Gasteiger partial charge is 0.408 e. The van der Waals surface area contributed by atoms with Crippen molar-refractivity contribution in [2.45, 2.75) is 12.7 Å². The van der Waals surface area contributed by atoms with Crippen molar-refractivity contribution < 1.29 is 22.5 Å². The van der Waals surface area contributed by atoms with Crippen LogP contribution in [-0.4, -0.2) is 27.0 Å². The maximum atomic E-state index is 12.2. The molecule has 6 nitrogen and oxygen atoms in total. The van der Waals surface area contributed by atoms with Crippen molar-refractivity contribution in [3.63, 3.8) is 0 Å². The highest BCUT2D eigenvalue weighted by atomic mass is 32.1. The summed E-state index contributed by atoms with van der Waals surface area (Å²) in [4.78, 5) is 12.8. The zero-order chi connectivity index (χ0) is 16.4. The molecule has 0 atom stereocenters. The van der Waals surface area contributed by atoms with Crippen molar-refractivity contribution in [2.24, 2.45) is 0 Å². The third kappa shape index (κ3) is 3.77. The standard InChI is InChI=1S/C13H9F3N4O2S/c14-13(15,16)7-20-6-8(5-17-20)18-12(21)9-4-10(22-19-9)11-2-1-3-23-11/h1-6H,7H2,(H,18,21). The van der Waals surface area contributed by atoms with Crippen LogP contribution < -0.4 is 5.32 Å². The topological polar surface area (TPSA) is 73.0 Å². The van der Waals surface area contributed by atoms with Gasteiger partial charge in [-0.15, -0.1) is 11.3 Å². The van der Waals surface area contributed by atoms with Gasteiger partial charge < -0.3 is 9.84 Å². The van der Waals surface area contributed by atoms with E-state index in [0.717, 1.165) is 17.3 Å². The van der Waals surface area contributed by atoms with Gasteiger partial charge in [-0.1, -0.05) is 11.2 Å². The first-order chi connectivity index (χ1) is 10.9. The normalized spacial score (nSPS) is 11.6. The fourth-order valence-electron chi connectivity index (χ4n) is 1.81. The van der Waals surface area contributed by atoms with Crippen molar-refractivity contribution >= 4 is 22.9 Å². The third-order valence-electron chi connectivity index (χ3n) is 2.74. The molecular weight excluding hydrogens is 333 g/mol. The van der Waals surface area contributed by atoms with Gasteiger partial charge in [-0.05, 0) is 11.4 Å². The molecule has 1 amide bonds. The van der Waals surface area contributed by atoms with Crippen molar-refractivity contribution in [1.82, 2.24) is 14.9 Å². The van der Waals surface area contributed by atoms with E-state index in [1.165, 1.54) is 17.4 Å². The van der Waals surface area contributed by atoms with Gasteiger partial charge in [0.25, 0.3) is 5.91 Å². The fraction of sp³-hybridized carbons (Fsp3) is 0.154. The Morgan fingerprint density at radius 1 is 1.43 bits per heavy atom. The smallest absolute Gasteiger partial charge is 0.355 e. The molecule has 0 aliphatic carbocycles. The lowest BCUT2D eigenvalue weighted by Gasteiger charge is -2.05. The first-order valence-corrected chi connectivity index (χ1v) is 7.20. The molecule has 23 heavy (non-hydrogen) atoms. The highest BCUT2D eigenvalue weighted by molar-refractivity contribution is 7.13. The number of alkyl halides is 3. The number of aromatic nitrogens is 3. The molecule has 3 rings (SSSR count). The summed E-state index contributed by atoms with van der Waals surface area (Å²) in [7, 11) is 0. The van der Waals surface area contributed by atoms with E-state index in [1.54, 1.807) is 0 Å². The van der Waals surface area contributed by atoms with Gasteiger partial charge in [0.2, 0.25) is 0 Å². The minimum Gasteiger partial charge on any atom is -0.355 e. The summed E-state index contributed by atoms with van der Waals surface area (Å²) in [5, 5.41) is 11.4. The van der Waals surface area contributed by atoms with Crippen LogP contribution >= 0.6 is 11.3 Å². The van der Waals surface area contributed by atoms with E-state index in [0.29, 0.717) is 10.4 Å². The number of anilines is 1. The minimum absolute atomic E-state index is 0.0250. The van der Waals surface area contributed by atoms with Crippen LogP contribution in [-0.2, 0) is 6.54 Å². The number of halogens is 3. The third-order valence-corrected chi connectivity index (χ3v) is 3.62. The number of amides is 1. The number of nitrogens with one attached hydrogen (secondary N) is 1. The second kappa shape index (κ2) is 5.88. The number of rotatable bonds is 4. The number of carbonyl (C=O) groups excluding carboxylic acids is 1. The number of hydrogen-bond acceptors (Lipinski definition) is 5. The van der Waals surface area contributed by atoms with Crippen LogP contribution in [0.1, 0.15) is 10.5 Å². The molecule has 0 aliphatic heterocycles. The van der Waals surface area contributed by atoms with Gasteiger partial charge >= 0.3 is 6.18 Å². The highest BCUT2D eigenvalue weighted by Crippen LogP contribution is 2.25. The van der Waals surface area contributed by atoms with E-state index in [9.17, 15) is 18.0 Å². The Morgan fingerprint density at radius 2 is 2.26 bits per heavy atom. The fourth-order valence-corrected chi connectivity index (χ4v) is 2.48. The first-order valence-electron chi connectivity index (χ1n) is 6.32. The average molecular weight is 342 g/mol. The second-order valence-corrected chi connectivity index (χ2v) is 5.50. The van der Waals surface area contributed by atoms with Crippen LogP contribution in [0.2, 0.25) is 0 Å². The van der Waals surface area contributed by atoms with E-state index in [1.807, 2.05) is 17.5 Å². The van der Waals surface area contributed by atoms with Crippen molar-refractivity contribution in [2.75, 3.05) is 5.32 Å². The minimum atomic E-state index is -4.38. The maximum absolute atomic E-state index is 12.2. The number of nitrogens with zero attached hydrogens (tertiary/aromatic N) is 3. The molecule has 0 aliphatic rings. The van der Waals surface area contributed by atoms with E-state index >= 15 is 0 Å². The summed E-state index contributed by atoms with van der Waals surface area (Å²) in [6, 6.07) is 5.10. The summed E-state index contributed by atoms with van der Waals surface area (Å²) in [5.74, 6) is -0.152. The van der Waals surface area contributed by atoms with Gasteiger partial charge in [0.05, 0.1) is 16.8 Å². The van der Waals surface area contributed by atoms with Crippen molar-refractivity contribution in [3.05, 3.63) is 41.7 Å². The molecule has 0 radical (unpaired) electrons. The van der Waals surface area contributed by atoms with Crippen LogP contribution in [0.5, 0.6) is 0 Å². The first kappa shape index (κ1) is 15.3. The summed E-state index contributed by atoms with van der Waals surface area (Å²) in [6.45, 7) is -1.23. The predicted molar refractivity (Wildman–Crippen MR) is 76.1 cm³/mol. The van der Waals surface area contributed by atoms with Crippen LogP contribution in [0.4, 0.5) is 18.9 Å². The summed E-state index contributed by atoms with van der Waals surface area (Å²) in [6.07, 6.45) is -2.16. The van der Waals surface area contributed by atoms with E-state index < -0.39 is 18.6 Å². The predicted octanol–water partition coefficient (Wildman–Crippen LogP) is 3.41. The highest BCUT2D eigenvalue weighted by Gasteiger charge is 2.28. The van der Waals surface area contributed by atoms with Gasteiger partial charge in [-0.3, -0.25) is 9.48 Å². The Bertz CT molecular complexity index is 807. The number of carbonyl (C=O) groups is 1. The van der Waals surface area contributed by atoms with Gasteiger partial charge in [0, 0.05) is 12.3 Å². The lowest BCUT2D eigenvalue weighted by Crippen LogP contribution is -2.18. The molecule has 3 aromatic heterocycles. The molecule has 0 aromatic carbocycles. The SMILES string of the molecule is O=C(Nc1cnn(CC(F)(F)F)c1)c1cc(-c2cccs2)on1. The van der Waals surface area contributed by atoms with Crippen LogP contribution in [0.3, 0.4) is 0 Å². The molecule has 0 fully saturated rings. The van der Waals surface area contributed by atoms with E-state index in [-0.39, 0.29) is 11.4 Å². The summed E-state index contributed by atoms with van der Waals surface area (Å²) >= 11 is 1.43. The molecule has 0 spiro atoms. The van der Waals surface area contributed by atoms with Crippen LogP contribution in [0.15, 0.2) is 40.5 Å². The molecular formula is C13H9F3N4O2S. The number of hydrogen-bond donors (Lipinski definition) is 1. The monoisotopic (exact) mass is 342 g/mol. The lowest BCUT2D eigenvalue weighted by molar-refractivity contribution is -0.142. The Hall–Kier alpha value is -2.62. The Kier molecular flexibility index (Phi) is 3.90. The van der Waals surface area contributed by atoms with Gasteiger partial charge in [0.15, 0.2) is 11.5 Å². The molecule has 120 valence electrons. The zero-order valence-corrected chi connectivity index (χ0v) is 12.2. The lowest BCUT2D eigenvalue weighted by atomic mass is 10.3. The molecule has 0 saturated carbocycles. The van der Waals surface area contributed by atoms with Gasteiger partial charge in [-0.25, -0.2) is 0 Å². The van der Waals surface area contributed by atoms with Gasteiger partial charge in [0.1, 0.15) is 6.54 Å². The van der Waals surface area contributed by atoms with E-state index in [4.69, 9.17) is 4.52 Å². The van der Waals surface area contributed by atoms with Crippen molar-refractivity contribution in [3.8, 4) is 10.6 Å². The van der Waals surface area contributed by atoms with E-state index in [2.05, 4.69) is 15.6 Å². The van der Waals surface area contributed by atoms with Crippen LogP contribution in [0.25, 0.3) is 10.6 Å². The van der Waals surface area contributed by atoms with Gasteiger partial charge in [-0.2, -0.15) is 18.3 Å². The Morgan fingerprint density at radius 3 is 2.96 bits per heavy atom. The molecule has 0 bridgehead atoms. The zero-order valence-electron chi connectivity index (χ0n) is 11.4. The second-order valence-electron chi connectivity index (χ2n) is 4.55. The van der Waals surface area contributed by atoms with Crippen molar-refractivity contribution in [1.29, 1.82) is 0 Å². The molecule has 3 heterocycles. The molecule has 0 saturated heterocycles. The molecule has 3 aromatic rings.